The maximum atomic E-state index is 4.50. The van der Waals surface area contributed by atoms with Crippen molar-refractivity contribution in [1.82, 2.24) is 14.9 Å². The van der Waals surface area contributed by atoms with Crippen molar-refractivity contribution >= 4 is 0 Å². The summed E-state index contributed by atoms with van der Waals surface area (Å²) in [6.45, 7) is 6.42. The fourth-order valence-corrected chi connectivity index (χ4v) is 2.50. The Morgan fingerprint density at radius 2 is 1.95 bits per heavy atom. The summed E-state index contributed by atoms with van der Waals surface area (Å²) in [6, 6.07) is 11.1. The number of nitrogens with one attached hydrogen (secondary N) is 1. The van der Waals surface area contributed by atoms with E-state index in [9.17, 15) is 0 Å². The molecule has 0 aliphatic heterocycles. The predicted octanol–water partition coefficient (Wildman–Crippen LogP) is 3.06. The number of aromatic nitrogens is 2. The lowest BCUT2D eigenvalue weighted by Gasteiger charge is -2.19. The molecule has 0 aliphatic rings. The van der Waals surface area contributed by atoms with Crippen LogP contribution in [0.15, 0.2) is 42.7 Å². The van der Waals surface area contributed by atoms with Gasteiger partial charge < -0.3 is 9.88 Å². The van der Waals surface area contributed by atoms with Gasteiger partial charge >= 0.3 is 0 Å². The SMILES string of the molecule is CCCNC(Cc1ccccc1)Cc1nccn1CC. The molecule has 0 fully saturated rings. The molecule has 2 aromatic rings. The van der Waals surface area contributed by atoms with Crippen LogP contribution in [-0.4, -0.2) is 22.1 Å². The van der Waals surface area contributed by atoms with Crippen LogP contribution < -0.4 is 5.32 Å². The normalized spacial score (nSPS) is 12.5. The van der Waals surface area contributed by atoms with E-state index in [1.807, 2.05) is 6.20 Å². The first-order valence-corrected chi connectivity index (χ1v) is 7.60. The molecule has 0 saturated carbocycles. The van der Waals surface area contributed by atoms with Gasteiger partial charge in [-0.15, -0.1) is 0 Å². The van der Waals surface area contributed by atoms with E-state index in [0.717, 1.165) is 32.4 Å². The highest BCUT2D eigenvalue weighted by Crippen LogP contribution is 2.09. The molecular weight excluding hydrogens is 246 g/mol. The van der Waals surface area contributed by atoms with Crippen LogP contribution in [0.25, 0.3) is 0 Å². The third-order valence-electron chi connectivity index (χ3n) is 3.58. The molecule has 3 heteroatoms. The molecule has 0 amide bonds. The van der Waals surface area contributed by atoms with E-state index >= 15 is 0 Å². The number of nitrogens with zero attached hydrogens (tertiary/aromatic N) is 2. The summed E-state index contributed by atoms with van der Waals surface area (Å²) in [7, 11) is 0. The number of hydrogen-bond donors (Lipinski definition) is 1. The Morgan fingerprint density at radius 1 is 1.15 bits per heavy atom. The average molecular weight is 271 g/mol. The van der Waals surface area contributed by atoms with Crippen molar-refractivity contribution in [3.63, 3.8) is 0 Å². The van der Waals surface area contributed by atoms with Crippen LogP contribution in [0.3, 0.4) is 0 Å². The third-order valence-corrected chi connectivity index (χ3v) is 3.58. The van der Waals surface area contributed by atoms with Gasteiger partial charge in [-0.05, 0) is 31.9 Å². The van der Waals surface area contributed by atoms with Gasteiger partial charge in [0.1, 0.15) is 5.82 Å². The fraction of sp³-hybridized carbons (Fsp3) is 0.471. The van der Waals surface area contributed by atoms with Crippen molar-refractivity contribution in [2.24, 2.45) is 0 Å². The molecule has 0 aliphatic carbocycles. The summed E-state index contributed by atoms with van der Waals surface area (Å²) in [5, 5.41) is 3.65. The van der Waals surface area contributed by atoms with E-state index in [-0.39, 0.29) is 0 Å². The lowest BCUT2D eigenvalue weighted by molar-refractivity contribution is 0.485. The summed E-state index contributed by atoms with van der Waals surface area (Å²) >= 11 is 0. The van der Waals surface area contributed by atoms with Crippen molar-refractivity contribution in [1.29, 1.82) is 0 Å². The van der Waals surface area contributed by atoms with Crippen molar-refractivity contribution < 1.29 is 0 Å². The molecule has 0 bridgehead atoms. The third kappa shape index (κ3) is 4.20. The first-order chi connectivity index (χ1) is 9.83. The molecule has 20 heavy (non-hydrogen) atoms. The Hall–Kier alpha value is -1.61. The topological polar surface area (TPSA) is 29.9 Å². The van der Waals surface area contributed by atoms with E-state index in [4.69, 9.17) is 0 Å². The molecule has 0 spiro atoms. The van der Waals surface area contributed by atoms with E-state index in [0.29, 0.717) is 6.04 Å². The molecule has 1 heterocycles. The Bertz CT molecular complexity index is 490. The average Bonchev–Trinajstić information content (AvgIpc) is 2.93. The van der Waals surface area contributed by atoms with Gasteiger partial charge in [0, 0.05) is 31.4 Å². The number of rotatable bonds is 8. The largest absolute Gasteiger partial charge is 0.335 e. The van der Waals surface area contributed by atoms with Crippen LogP contribution in [0.5, 0.6) is 0 Å². The summed E-state index contributed by atoms with van der Waals surface area (Å²) in [5.74, 6) is 1.18. The first kappa shape index (κ1) is 14.8. The lowest BCUT2D eigenvalue weighted by Crippen LogP contribution is -2.34. The van der Waals surface area contributed by atoms with Crippen LogP contribution in [-0.2, 0) is 19.4 Å². The molecule has 108 valence electrons. The predicted molar refractivity (Wildman–Crippen MR) is 83.8 cm³/mol. The maximum absolute atomic E-state index is 4.50. The minimum absolute atomic E-state index is 0.449. The van der Waals surface area contributed by atoms with Gasteiger partial charge in [-0.25, -0.2) is 4.98 Å². The molecule has 1 aromatic carbocycles. The second kappa shape index (κ2) is 7.85. The van der Waals surface area contributed by atoms with Crippen molar-refractivity contribution in [3.05, 3.63) is 54.1 Å². The summed E-state index contributed by atoms with van der Waals surface area (Å²) < 4.78 is 2.23. The zero-order chi connectivity index (χ0) is 14.2. The van der Waals surface area contributed by atoms with Gasteiger partial charge in [0.25, 0.3) is 0 Å². The molecular formula is C17H25N3. The Morgan fingerprint density at radius 3 is 2.65 bits per heavy atom. The molecule has 1 atom stereocenters. The van der Waals surface area contributed by atoms with Crippen LogP contribution in [0.2, 0.25) is 0 Å². The summed E-state index contributed by atoms with van der Waals surface area (Å²) in [6.07, 6.45) is 7.16. The Labute approximate surface area is 122 Å². The Balaban J connectivity index is 2.03. The zero-order valence-corrected chi connectivity index (χ0v) is 12.5. The van der Waals surface area contributed by atoms with Crippen LogP contribution >= 0.6 is 0 Å². The molecule has 2 rings (SSSR count). The van der Waals surface area contributed by atoms with Gasteiger partial charge in [-0.3, -0.25) is 0 Å². The van der Waals surface area contributed by atoms with Gasteiger partial charge in [-0.1, -0.05) is 37.3 Å². The number of hydrogen-bond acceptors (Lipinski definition) is 2. The minimum Gasteiger partial charge on any atom is -0.335 e. The van der Waals surface area contributed by atoms with Crippen LogP contribution in [0, 0.1) is 0 Å². The van der Waals surface area contributed by atoms with Crippen molar-refractivity contribution in [2.45, 2.75) is 45.7 Å². The van der Waals surface area contributed by atoms with Crippen LogP contribution in [0.4, 0.5) is 0 Å². The second-order valence-corrected chi connectivity index (χ2v) is 5.17. The number of benzene rings is 1. The maximum Gasteiger partial charge on any atom is 0.110 e. The van der Waals surface area contributed by atoms with Gasteiger partial charge in [0.2, 0.25) is 0 Å². The molecule has 0 radical (unpaired) electrons. The standard InChI is InChI=1S/C17H25N3/c1-3-10-18-16(13-15-8-6-5-7-9-15)14-17-19-11-12-20(17)4-2/h5-9,11-12,16,18H,3-4,10,13-14H2,1-2H3. The fourth-order valence-electron chi connectivity index (χ4n) is 2.50. The molecule has 1 aromatic heterocycles. The van der Waals surface area contributed by atoms with Crippen molar-refractivity contribution in [2.75, 3.05) is 6.54 Å². The molecule has 0 saturated heterocycles. The lowest BCUT2D eigenvalue weighted by atomic mass is 10.0. The highest BCUT2D eigenvalue weighted by Gasteiger charge is 2.13. The van der Waals surface area contributed by atoms with E-state index in [2.05, 4.69) is 65.2 Å². The van der Waals surface area contributed by atoms with Crippen LogP contribution in [0.1, 0.15) is 31.7 Å². The first-order valence-electron chi connectivity index (χ1n) is 7.60. The number of imidazole rings is 1. The highest BCUT2D eigenvalue weighted by atomic mass is 15.1. The van der Waals surface area contributed by atoms with Crippen molar-refractivity contribution in [3.8, 4) is 0 Å². The van der Waals surface area contributed by atoms with E-state index in [1.165, 1.54) is 11.4 Å². The smallest absolute Gasteiger partial charge is 0.110 e. The second-order valence-electron chi connectivity index (χ2n) is 5.17. The van der Waals surface area contributed by atoms with E-state index in [1.54, 1.807) is 0 Å². The number of aryl methyl sites for hydroxylation is 1. The highest BCUT2D eigenvalue weighted by molar-refractivity contribution is 5.16. The molecule has 3 nitrogen and oxygen atoms in total. The van der Waals surface area contributed by atoms with Gasteiger partial charge in [-0.2, -0.15) is 0 Å². The Kier molecular flexibility index (Phi) is 5.81. The summed E-state index contributed by atoms with van der Waals surface area (Å²) in [4.78, 5) is 4.50. The van der Waals surface area contributed by atoms with Gasteiger partial charge in [0.05, 0.1) is 0 Å². The minimum atomic E-state index is 0.449. The summed E-state index contributed by atoms with van der Waals surface area (Å²) in [5.41, 5.74) is 1.38. The molecule has 1 unspecified atom stereocenters. The van der Waals surface area contributed by atoms with Gasteiger partial charge in [0.15, 0.2) is 0 Å². The van der Waals surface area contributed by atoms with E-state index < -0.39 is 0 Å². The molecule has 1 N–H and O–H groups in total. The quantitative estimate of drug-likeness (QED) is 0.799. The monoisotopic (exact) mass is 271 g/mol. The zero-order valence-electron chi connectivity index (χ0n) is 12.5.